The van der Waals surface area contributed by atoms with Crippen molar-refractivity contribution < 1.29 is 9.18 Å². The highest BCUT2D eigenvalue weighted by Gasteiger charge is 2.18. The van der Waals surface area contributed by atoms with Crippen LogP contribution in [0.2, 0.25) is 0 Å². The largest absolute Gasteiger partial charge is 0.351 e. The fraction of sp³-hybridized carbons (Fsp3) is 0.286. The summed E-state index contributed by atoms with van der Waals surface area (Å²) in [6.07, 6.45) is 3.02. The van der Waals surface area contributed by atoms with E-state index in [-0.39, 0.29) is 18.3 Å². The van der Waals surface area contributed by atoms with Gasteiger partial charge >= 0.3 is 0 Å². The van der Waals surface area contributed by atoms with Crippen molar-refractivity contribution in [1.82, 2.24) is 24.9 Å². The Hall–Kier alpha value is -2.79. The third kappa shape index (κ3) is 3.51. The van der Waals surface area contributed by atoms with Crippen molar-refractivity contribution in [3.05, 3.63) is 48.0 Å². The van der Waals surface area contributed by atoms with Gasteiger partial charge in [-0.3, -0.25) is 14.2 Å². The summed E-state index contributed by atoms with van der Waals surface area (Å²) in [5.74, 6) is -0.367. The van der Waals surface area contributed by atoms with Gasteiger partial charge in [0.05, 0.1) is 22.9 Å². The summed E-state index contributed by atoms with van der Waals surface area (Å²) in [5, 5.41) is 13.4. The van der Waals surface area contributed by atoms with Crippen molar-refractivity contribution in [3.63, 3.8) is 0 Å². The molecule has 4 aromatic rings. The predicted octanol–water partition coefficient (Wildman–Crippen LogP) is 3.67. The highest BCUT2D eigenvalue weighted by molar-refractivity contribution is 7.36. The molecular weight excluding hydrogens is 388 g/mol. The van der Waals surface area contributed by atoms with Crippen LogP contribution in [0.4, 0.5) is 4.39 Å². The first kappa shape index (κ1) is 19.5. The second-order valence-electron chi connectivity index (χ2n) is 6.95. The fourth-order valence-corrected chi connectivity index (χ4v) is 4.03. The smallest absolute Gasteiger partial charge is 0.242 e. The average molecular weight is 411 g/mol. The topological polar surface area (TPSA) is 64.7 Å². The summed E-state index contributed by atoms with van der Waals surface area (Å²) in [4.78, 5) is 12.2. The summed E-state index contributed by atoms with van der Waals surface area (Å²) in [7, 11) is 2.50. The molecule has 2 aromatic carbocycles. The molecule has 0 aliphatic heterocycles. The number of hydrogen-bond donors (Lipinski definition) is 1. The van der Waals surface area contributed by atoms with Crippen LogP contribution in [0.15, 0.2) is 36.5 Å². The van der Waals surface area contributed by atoms with E-state index >= 15 is 4.39 Å². The Morgan fingerprint density at radius 1 is 1.24 bits per heavy atom. The molecule has 0 fully saturated rings. The minimum Gasteiger partial charge on any atom is -0.351 e. The van der Waals surface area contributed by atoms with E-state index < -0.39 is 0 Å². The van der Waals surface area contributed by atoms with Crippen LogP contribution in [0.5, 0.6) is 0 Å². The maximum atomic E-state index is 15.0. The number of fused-ring (bicyclic) bond motifs is 2. The van der Waals surface area contributed by atoms with E-state index in [1.54, 1.807) is 15.6 Å². The molecule has 0 aliphatic carbocycles. The molecule has 0 saturated carbocycles. The quantitative estimate of drug-likeness (QED) is 0.493. The van der Waals surface area contributed by atoms with E-state index in [0.29, 0.717) is 26.9 Å². The SMILES string of the molecule is CCc1nn(CC(=O)NCPC)c2cccc(-c3cc4c(cnn4C)cc3F)c12. The fourth-order valence-electron chi connectivity index (χ4n) is 3.66. The lowest BCUT2D eigenvalue weighted by Crippen LogP contribution is -2.27. The van der Waals surface area contributed by atoms with E-state index in [4.69, 9.17) is 0 Å². The Labute approximate surface area is 169 Å². The molecule has 150 valence electrons. The number of aryl methyl sites for hydroxylation is 2. The third-order valence-electron chi connectivity index (χ3n) is 5.07. The first-order valence-electron chi connectivity index (χ1n) is 9.54. The van der Waals surface area contributed by atoms with Gasteiger partial charge in [0.1, 0.15) is 12.4 Å². The average Bonchev–Trinajstić information content (AvgIpc) is 3.26. The maximum absolute atomic E-state index is 15.0. The van der Waals surface area contributed by atoms with Gasteiger partial charge in [0.15, 0.2) is 0 Å². The van der Waals surface area contributed by atoms with Crippen LogP contribution in [0, 0.1) is 5.82 Å². The lowest BCUT2D eigenvalue weighted by molar-refractivity contribution is -0.121. The van der Waals surface area contributed by atoms with Crippen LogP contribution in [0.1, 0.15) is 12.6 Å². The molecular formula is C21H23FN5OP. The molecule has 4 rings (SSSR count). The first-order valence-corrected chi connectivity index (χ1v) is 11.3. The van der Waals surface area contributed by atoms with Gasteiger partial charge in [-0.2, -0.15) is 10.2 Å². The Morgan fingerprint density at radius 2 is 2.07 bits per heavy atom. The molecule has 0 bridgehead atoms. The molecule has 8 heteroatoms. The van der Waals surface area contributed by atoms with Gasteiger partial charge in [-0.05, 0) is 36.8 Å². The minimum absolute atomic E-state index is 0.0701. The molecule has 29 heavy (non-hydrogen) atoms. The van der Waals surface area contributed by atoms with E-state index in [9.17, 15) is 4.79 Å². The van der Waals surface area contributed by atoms with Crippen molar-refractivity contribution in [2.24, 2.45) is 7.05 Å². The highest BCUT2D eigenvalue weighted by atomic mass is 31.1. The van der Waals surface area contributed by atoms with Crippen molar-refractivity contribution >= 4 is 36.3 Å². The van der Waals surface area contributed by atoms with E-state index in [1.807, 2.05) is 44.9 Å². The van der Waals surface area contributed by atoms with Crippen LogP contribution in [0.25, 0.3) is 32.9 Å². The second kappa shape index (κ2) is 7.91. The van der Waals surface area contributed by atoms with Crippen molar-refractivity contribution in [2.45, 2.75) is 19.9 Å². The number of aromatic nitrogens is 4. The summed E-state index contributed by atoms with van der Waals surface area (Å²) in [5.41, 5.74) is 3.84. The van der Waals surface area contributed by atoms with E-state index in [2.05, 4.69) is 15.5 Å². The van der Waals surface area contributed by atoms with Crippen LogP contribution in [-0.2, 0) is 24.8 Å². The molecule has 1 amide bonds. The van der Waals surface area contributed by atoms with Gasteiger partial charge in [-0.1, -0.05) is 19.1 Å². The lowest BCUT2D eigenvalue weighted by atomic mass is 9.98. The van der Waals surface area contributed by atoms with Gasteiger partial charge in [0.2, 0.25) is 5.91 Å². The van der Waals surface area contributed by atoms with Crippen LogP contribution >= 0.6 is 8.58 Å². The maximum Gasteiger partial charge on any atom is 0.242 e. The zero-order valence-electron chi connectivity index (χ0n) is 16.7. The molecule has 0 aliphatic rings. The Balaban J connectivity index is 1.87. The van der Waals surface area contributed by atoms with Crippen LogP contribution in [0.3, 0.4) is 0 Å². The Kier molecular flexibility index (Phi) is 5.33. The molecule has 2 aromatic heterocycles. The Bertz CT molecular complexity index is 1210. The van der Waals surface area contributed by atoms with Gasteiger partial charge in [-0.25, -0.2) is 4.39 Å². The number of carbonyl (C=O) groups excluding carboxylic acids is 1. The standard InChI is InChI=1S/C21H23FN5OP/c1-4-17-21-14(15-9-19-13(8-16(15)22)10-24-26(19)2)6-5-7-18(21)27(25-17)11-20(28)23-12-29-3/h5-10,29H,4,11-12H2,1-3H3,(H,23,28). The number of benzene rings is 2. The summed E-state index contributed by atoms with van der Waals surface area (Å²) in [6.45, 7) is 4.20. The van der Waals surface area contributed by atoms with Gasteiger partial charge in [0.25, 0.3) is 0 Å². The van der Waals surface area contributed by atoms with Crippen molar-refractivity contribution in [3.8, 4) is 11.1 Å². The molecule has 2 heterocycles. The summed E-state index contributed by atoms with van der Waals surface area (Å²) >= 11 is 0. The van der Waals surface area contributed by atoms with Crippen LogP contribution in [-0.4, -0.2) is 38.4 Å². The third-order valence-corrected chi connectivity index (χ3v) is 5.60. The molecule has 0 radical (unpaired) electrons. The number of nitrogens with one attached hydrogen (secondary N) is 1. The normalized spacial score (nSPS) is 11.9. The zero-order valence-corrected chi connectivity index (χ0v) is 17.7. The molecule has 1 atom stereocenters. The zero-order chi connectivity index (χ0) is 20.5. The Morgan fingerprint density at radius 3 is 2.83 bits per heavy atom. The van der Waals surface area contributed by atoms with Gasteiger partial charge < -0.3 is 5.32 Å². The molecule has 1 N–H and O–H groups in total. The summed E-state index contributed by atoms with van der Waals surface area (Å²) < 4.78 is 18.5. The number of amides is 1. The molecule has 0 spiro atoms. The van der Waals surface area contributed by atoms with E-state index in [0.717, 1.165) is 33.1 Å². The highest BCUT2D eigenvalue weighted by Crippen LogP contribution is 2.35. The number of nitrogens with zero attached hydrogens (tertiary/aromatic N) is 4. The van der Waals surface area contributed by atoms with Gasteiger partial charge in [0, 0.05) is 29.7 Å². The van der Waals surface area contributed by atoms with Crippen molar-refractivity contribution in [1.29, 1.82) is 0 Å². The minimum atomic E-state index is -0.297. The molecule has 6 nitrogen and oxygen atoms in total. The van der Waals surface area contributed by atoms with Crippen LogP contribution < -0.4 is 5.32 Å². The predicted molar refractivity (Wildman–Crippen MR) is 116 cm³/mol. The number of rotatable bonds is 6. The lowest BCUT2D eigenvalue weighted by Gasteiger charge is -2.09. The summed E-state index contributed by atoms with van der Waals surface area (Å²) in [6, 6.07) is 9.07. The molecule has 1 unspecified atom stereocenters. The second-order valence-corrected chi connectivity index (χ2v) is 8.01. The number of halogens is 1. The number of carbonyl (C=O) groups is 1. The van der Waals surface area contributed by atoms with E-state index in [1.165, 1.54) is 6.07 Å². The van der Waals surface area contributed by atoms with Gasteiger partial charge in [-0.15, -0.1) is 8.58 Å². The molecule has 0 saturated heterocycles. The number of hydrogen-bond acceptors (Lipinski definition) is 3. The monoisotopic (exact) mass is 411 g/mol. The van der Waals surface area contributed by atoms with Crippen molar-refractivity contribution in [2.75, 3.05) is 13.0 Å². The first-order chi connectivity index (χ1) is 14.0.